The molecule has 4 aliphatic rings. The van der Waals surface area contributed by atoms with E-state index < -0.39 is 0 Å². The molecule has 1 saturated carbocycles. The van der Waals surface area contributed by atoms with Crippen LogP contribution in [0.25, 0.3) is 0 Å². The molecule has 158 valence electrons. The highest BCUT2D eigenvalue weighted by Gasteiger charge is 2.49. The first-order valence-corrected chi connectivity index (χ1v) is 11.4. The number of fused-ring (bicyclic) bond motifs is 1. The van der Waals surface area contributed by atoms with E-state index >= 15 is 0 Å². The van der Waals surface area contributed by atoms with Crippen LogP contribution < -0.4 is 10.2 Å². The number of likely N-dealkylation sites (tertiary alicyclic amines) is 1. The van der Waals surface area contributed by atoms with E-state index in [2.05, 4.69) is 49.2 Å². The van der Waals surface area contributed by atoms with Gasteiger partial charge < -0.3 is 5.32 Å². The minimum absolute atomic E-state index is 0.00834. The highest BCUT2D eigenvalue weighted by molar-refractivity contribution is 5.91. The van der Waals surface area contributed by atoms with E-state index in [0.29, 0.717) is 5.41 Å². The Balaban J connectivity index is 1.24. The maximum Gasteiger partial charge on any atom is 0.321 e. The number of allylic oxidation sites excluding steroid dienone is 1. The Morgan fingerprint density at radius 1 is 1.28 bits per heavy atom. The lowest BCUT2D eigenvalue weighted by atomic mass is 9.50. The largest absolute Gasteiger partial charge is 0.335 e. The van der Waals surface area contributed by atoms with Gasteiger partial charge in [-0.15, -0.1) is 0 Å². The maximum absolute atomic E-state index is 12.7. The van der Waals surface area contributed by atoms with Crippen LogP contribution in [0.5, 0.6) is 0 Å². The molecule has 2 amide bonds. The summed E-state index contributed by atoms with van der Waals surface area (Å²) >= 11 is 0. The van der Waals surface area contributed by atoms with E-state index in [1.165, 1.54) is 18.4 Å². The predicted molar refractivity (Wildman–Crippen MR) is 120 cm³/mol. The van der Waals surface area contributed by atoms with Gasteiger partial charge in [0.2, 0.25) is 0 Å². The average molecular weight is 396 g/mol. The molecular weight excluding hydrogens is 358 g/mol. The highest BCUT2D eigenvalue weighted by atomic mass is 16.2. The number of amides is 2. The van der Waals surface area contributed by atoms with E-state index in [1.807, 2.05) is 19.2 Å². The van der Waals surface area contributed by atoms with Gasteiger partial charge in [-0.25, -0.2) is 4.79 Å². The Morgan fingerprint density at radius 3 is 2.66 bits per heavy atom. The van der Waals surface area contributed by atoms with Crippen molar-refractivity contribution in [1.29, 1.82) is 0 Å². The molecule has 5 rings (SSSR count). The smallest absolute Gasteiger partial charge is 0.321 e. The SMILES string of the molecule is CCc1cccc(N(C)C(=O)NC2CCN(CC3=C[C@H]4C[C@H](C3)C4(C)C)CC2)c1. The molecule has 2 bridgehead atoms. The van der Waals surface area contributed by atoms with Crippen molar-refractivity contribution in [3.63, 3.8) is 0 Å². The van der Waals surface area contributed by atoms with Crippen molar-refractivity contribution < 1.29 is 4.79 Å². The zero-order valence-electron chi connectivity index (χ0n) is 18.6. The molecule has 0 unspecified atom stereocenters. The number of urea groups is 1. The zero-order chi connectivity index (χ0) is 20.6. The zero-order valence-corrected chi connectivity index (χ0v) is 18.6. The van der Waals surface area contributed by atoms with Gasteiger partial charge in [-0.3, -0.25) is 9.80 Å². The lowest BCUT2D eigenvalue weighted by molar-refractivity contribution is -0.00311. The van der Waals surface area contributed by atoms with E-state index in [4.69, 9.17) is 0 Å². The standard InChI is InChI=1S/C25H37N3O/c1-5-18-7-6-8-23(15-18)27(4)24(29)26-22-9-11-28(12-10-22)17-19-13-20-16-21(14-19)25(20,2)3/h6-8,13,15,20-22H,5,9-12,14,16-17H2,1-4H3,(H,26,29)/t20-,21-/m0/s1. The Labute approximate surface area is 176 Å². The molecule has 1 aliphatic heterocycles. The molecule has 2 fully saturated rings. The van der Waals surface area contributed by atoms with Crippen LogP contribution in [0, 0.1) is 17.3 Å². The van der Waals surface area contributed by atoms with Crippen LogP contribution in [0.2, 0.25) is 0 Å². The summed E-state index contributed by atoms with van der Waals surface area (Å²) < 4.78 is 0. The molecular formula is C25H37N3O. The number of benzene rings is 1. The summed E-state index contributed by atoms with van der Waals surface area (Å²) in [6.07, 6.45) is 8.34. The van der Waals surface area contributed by atoms with Crippen LogP contribution in [-0.4, -0.2) is 43.7 Å². The molecule has 0 radical (unpaired) electrons. The van der Waals surface area contributed by atoms with Crippen LogP contribution in [0.15, 0.2) is 35.9 Å². The molecule has 1 heterocycles. The topological polar surface area (TPSA) is 35.6 Å². The van der Waals surface area contributed by atoms with Gasteiger partial charge in [0.25, 0.3) is 0 Å². The second-order valence-electron chi connectivity index (χ2n) is 9.97. The van der Waals surface area contributed by atoms with Crippen molar-refractivity contribution in [1.82, 2.24) is 10.2 Å². The van der Waals surface area contributed by atoms with Crippen LogP contribution in [0.4, 0.5) is 10.5 Å². The summed E-state index contributed by atoms with van der Waals surface area (Å²) in [5, 5.41) is 3.25. The minimum Gasteiger partial charge on any atom is -0.335 e. The average Bonchev–Trinajstić information content (AvgIpc) is 2.74. The Hall–Kier alpha value is -1.81. The van der Waals surface area contributed by atoms with Crippen molar-refractivity contribution in [3.8, 4) is 0 Å². The van der Waals surface area contributed by atoms with Gasteiger partial charge in [0.1, 0.15) is 0 Å². The monoisotopic (exact) mass is 395 g/mol. The van der Waals surface area contributed by atoms with E-state index in [0.717, 1.165) is 56.4 Å². The van der Waals surface area contributed by atoms with Crippen molar-refractivity contribution in [3.05, 3.63) is 41.5 Å². The number of piperidine rings is 1. The van der Waals surface area contributed by atoms with Crippen molar-refractivity contribution in [2.45, 2.75) is 58.9 Å². The third-order valence-corrected chi connectivity index (χ3v) is 7.84. The molecule has 29 heavy (non-hydrogen) atoms. The predicted octanol–water partition coefficient (Wildman–Crippen LogP) is 4.85. The summed E-state index contributed by atoms with van der Waals surface area (Å²) in [5.74, 6) is 1.70. The van der Waals surface area contributed by atoms with Gasteiger partial charge >= 0.3 is 6.03 Å². The molecule has 3 aliphatic carbocycles. The Kier molecular flexibility index (Phi) is 5.74. The number of anilines is 1. The molecule has 4 nitrogen and oxygen atoms in total. The van der Waals surface area contributed by atoms with E-state index in [1.54, 1.807) is 10.5 Å². The molecule has 1 N–H and O–H groups in total. The minimum atomic E-state index is 0.00834. The van der Waals surface area contributed by atoms with E-state index in [-0.39, 0.29) is 12.1 Å². The number of nitrogens with zero attached hydrogens (tertiary/aromatic N) is 2. The number of aryl methyl sites for hydroxylation is 1. The fourth-order valence-electron chi connectivity index (χ4n) is 5.37. The summed E-state index contributed by atoms with van der Waals surface area (Å²) in [6.45, 7) is 10.3. The highest BCUT2D eigenvalue weighted by Crippen LogP contribution is 2.58. The van der Waals surface area contributed by atoms with Gasteiger partial charge in [0.15, 0.2) is 0 Å². The van der Waals surface area contributed by atoms with Crippen LogP contribution >= 0.6 is 0 Å². The number of hydrogen-bond acceptors (Lipinski definition) is 2. The first-order valence-electron chi connectivity index (χ1n) is 11.4. The van der Waals surface area contributed by atoms with E-state index in [9.17, 15) is 4.79 Å². The number of nitrogens with one attached hydrogen (secondary N) is 1. The van der Waals surface area contributed by atoms with Crippen LogP contribution in [0.1, 0.15) is 52.0 Å². The summed E-state index contributed by atoms with van der Waals surface area (Å²) in [6, 6.07) is 8.53. The van der Waals surface area contributed by atoms with Crippen molar-refractivity contribution in [2.75, 3.05) is 31.6 Å². The van der Waals surface area contributed by atoms with Crippen molar-refractivity contribution in [2.24, 2.45) is 17.3 Å². The number of hydrogen-bond donors (Lipinski definition) is 1. The fourth-order valence-corrected chi connectivity index (χ4v) is 5.37. The molecule has 1 aromatic carbocycles. The lowest BCUT2D eigenvalue weighted by Crippen LogP contribution is -2.50. The van der Waals surface area contributed by atoms with Crippen molar-refractivity contribution >= 4 is 11.7 Å². The van der Waals surface area contributed by atoms with Gasteiger partial charge in [-0.2, -0.15) is 0 Å². The molecule has 0 aromatic heterocycles. The lowest BCUT2D eigenvalue weighted by Gasteiger charge is -2.55. The van der Waals surface area contributed by atoms with Gasteiger partial charge in [-0.05, 0) is 67.1 Å². The third-order valence-electron chi connectivity index (χ3n) is 7.84. The first-order chi connectivity index (χ1) is 13.9. The summed E-state index contributed by atoms with van der Waals surface area (Å²) in [4.78, 5) is 17.0. The van der Waals surface area contributed by atoms with Crippen LogP contribution in [0.3, 0.4) is 0 Å². The maximum atomic E-state index is 12.7. The summed E-state index contributed by atoms with van der Waals surface area (Å²) in [7, 11) is 1.86. The quantitative estimate of drug-likeness (QED) is 0.723. The van der Waals surface area contributed by atoms with Gasteiger partial charge in [-0.1, -0.05) is 44.6 Å². The molecule has 1 saturated heterocycles. The third kappa shape index (κ3) is 4.23. The molecule has 1 aromatic rings. The van der Waals surface area contributed by atoms with Gasteiger partial charge in [0, 0.05) is 38.4 Å². The summed E-state index contributed by atoms with van der Waals surface area (Å²) in [5.41, 5.74) is 4.41. The number of carbonyl (C=O) groups is 1. The number of rotatable bonds is 5. The second-order valence-corrected chi connectivity index (χ2v) is 9.97. The number of carbonyl (C=O) groups excluding carboxylic acids is 1. The molecule has 4 heteroatoms. The van der Waals surface area contributed by atoms with Gasteiger partial charge in [0.05, 0.1) is 0 Å². The van der Waals surface area contributed by atoms with Crippen LogP contribution in [-0.2, 0) is 6.42 Å². The normalized spacial score (nSPS) is 26.4. The molecule has 0 spiro atoms. The molecule has 2 atom stereocenters. The fraction of sp³-hybridized carbons (Fsp3) is 0.640. The Bertz CT molecular complexity index is 776. The Morgan fingerprint density at radius 2 is 2.03 bits per heavy atom. The second kappa shape index (κ2) is 8.14. The first kappa shape index (κ1) is 20.5.